The molecule has 1 amide bonds. The van der Waals surface area contributed by atoms with Gasteiger partial charge in [-0.15, -0.1) is 11.3 Å². The van der Waals surface area contributed by atoms with Crippen LogP contribution in [0.15, 0.2) is 71.1 Å². The van der Waals surface area contributed by atoms with Gasteiger partial charge in [0.15, 0.2) is 6.61 Å². The number of aryl methyl sites for hydroxylation is 1. The molecular weight excluding hydrogens is 466 g/mol. The van der Waals surface area contributed by atoms with Gasteiger partial charge in [-0.2, -0.15) is 0 Å². The summed E-state index contributed by atoms with van der Waals surface area (Å²) < 4.78 is 12.0. The van der Waals surface area contributed by atoms with E-state index in [0.29, 0.717) is 32.4 Å². The molecule has 0 atom stereocenters. The highest BCUT2D eigenvalue weighted by Gasteiger charge is 2.11. The summed E-state index contributed by atoms with van der Waals surface area (Å²) in [6.07, 6.45) is 1.35. The van der Waals surface area contributed by atoms with Gasteiger partial charge < -0.3 is 14.8 Å². The van der Waals surface area contributed by atoms with E-state index in [2.05, 4.69) is 10.3 Å². The maximum Gasteiger partial charge on any atom is 0.308 e. The van der Waals surface area contributed by atoms with E-state index in [4.69, 9.17) is 21.1 Å². The Morgan fingerprint density at radius 3 is 2.67 bits per heavy atom. The molecule has 2 aromatic heterocycles. The number of nitrogens with zero attached hydrogens (tertiary/aromatic N) is 2. The molecule has 2 heterocycles. The van der Waals surface area contributed by atoms with Crippen LogP contribution in [0.4, 0.5) is 5.69 Å². The highest BCUT2D eigenvalue weighted by atomic mass is 35.5. The van der Waals surface area contributed by atoms with Gasteiger partial charge in [0.05, 0.1) is 23.2 Å². The van der Waals surface area contributed by atoms with E-state index < -0.39 is 18.5 Å². The van der Waals surface area contributed by atoms with Crippen molar-refractivity contribution in [3.05, 3.63) is 81.7 Å². The molecule has 0 saturated carbocycles. The zero-order chi connectivity index (χ0) is 23.2. The van der Waals surface area contributed by atoms with Crippen LogP contribution in [0.3, 0.4) is 0 Å². The maximum absolute atomic E-state index is 12.3. The number of hydrogen-bond donors (Lipinski definition) is 1. The molecule has 0 unspecified atom stereocenters. The topological polar surface area (TPSA) is 99.5 Å². The first kappa shape index (κ1) is 22.5. The Labute approximate surface area is 197 Å². The predicted octanol–water partition coefficient (Wildman–Crippen LogP) is 4.48. The van der Waals surface area contributed by atoms with Gasteiger partial charge in [0.2, 0.25) is 0 Å². The number of carbonyl (C=O) groups excluding carboxylic acids is 2. The van der Waals surface area contributed by atoms with Crippen LogP contribution in [0.1, 0.15) is 6.42 Å². The van der Waals surface area contributed by atoms with Crippen molar-refractivity contribution in [2.45, 2.75) is 13.0 Å². The zero-order valence-corrected chi connectivity index (χ0v) is 18.8. The molecule has 0 spiro atoms. The Morgan fingerprint density at radius 1 is 1.09 bits per heavy atom. The number of para-hydroxylation sites is 1. The summed E-state index contributed by atoms with van der Waals surface area (Å²) in [7, 11) is 0. The van der Waals surface area contributed by atoms with Gasteiger partial charge in [-0.25, -0.2) is 4.98 Å². The predicted molar refractivity (Wildman–Crippen MR) is 126 cm³/mol. The number of rotatable bonds is 8. The standard InChI is InChI=1S/C23H18ClN3O5S/c24-18-3-1-2-4-19(18)32-16-7-5-15(6-8-16)26-20(28)13-31-21(29)9-11-27-14-25-22-17(23(27)30)10-12-33-22/h1-8,10,12,14H,9,11,13H2,(H,26,28). The van der Waals surface area contributed by atoms with E-state index in [-0.39, 0.29) is 18.5 Å². The Hall–Kier alpha value is -3.69. The maximum atomic E-state index is 12.3. The van der Waals surface area contributed by atoms with Crippen LogP contribution >= 0.6 is 22.9 Å². The summed E-state index contributed by atoms with van der Waals surface area (Å²) in [6.45, 7) is -0.321. The molecule has 8 nitrogen and oxygen atoms in total. The second-order valence-corrected chi connectivity index (χ2v) is 8.20. The number of benzene rings is 2. The number of amides is 1. The number of fused-ring (bicyclic) bond motifs is 1. The van der Waals surface area contributed by atoms with Crippen molar-refractivity contribution in [1.82, 2.24) is 9.55 Å². The minimum Gasteiger partial charge on any atom is -0.456 e. The second-order valence-electron chi connectivity index (χ2n) is 6.90. The van der Waals surface area contributed by atoms with E-state index in [9.17, 15) is 14.4 Å². The quantitative estimate of drug-likeness (QED) is 0.371. The zero-order valence-electron chi connectivity index (χ0n) is 17.2. The molecule has 4 rings (SSSR count). The lowest BCUT2D eigenvalue weighted by Gasteiger charge is -2.09. The lowest BCUT2D eigenvalue weighted by Crippen LogP contribution is -2.24. The van der Waals surface area contributed by atoms with Crippen LogP contribution in [0.25, 0.3) is 10.2 Å². The molecule has 0 saturated heterocycles. The Morgan fingerprint density at radius 2 is 1.88 bits per heavy atom. The molecule has 0 bridgehead atoms. The molecule has 168 valence electrons. The van der Waals surface area contributed by atoms with Crippen LogP contribution < -0.4 is 15.6 Å². The van der Waals surface area contributed by atoms with Gasteiger partial charge in [0.25, 0.3) is 11.5 Å². The van der Waals surface area contributed by atoms with Crippen molar-refractivity contribution in [3.8, 4) is 11.5 Å². The summed E-state index contributed by atoms with van der Waals surface area (Å²) in [6, 6.07) is 15.5. The fourth-order valence-corrected chi connectivity index (χ4v) is 3.84. The normalized spacial score (nSPS) is 10.7. The van der Waals surface area contributed by atoms with Crippen LogP contribution in [0.2, 0.25) is 5.02 Å². The summed E-state index contributed by atoms with van der Waals surface area (Å²) in [4.78, 5) is 41.2. The number of nitrogens with one attached hydrogen (secondary N) is 1. The van der Waals surface area contributed by atoms with Crippen molar-refractivity contribution in [1.29, 1.82) is 0 Å². The number of esters is 1. The average molecular weight is 484 g/mol. The van der Waals surface area contributed by atoms with Gasteiger partial charge in [0.1, 0.15) is 16.3 Å². The van der Waals surface area contributed by atoms with E-state index in [1.165, 1.54) is 22.2 Å². The third kappa shape index (κ3) is 5.76. The summed E-state index contributed by atoms with van der Waals surface area (Å²) in [5, 5.41) is 5.43. The van der Waals surface area contributed by atoms with E-state index in [1.807, 2.05) is 12.1 Å². The lowest BCUT2D eigenvalue weighted by molar-refractivity contribution is -0.147. The van der Waals surface area contributed by atoms with Gasteiger partial charge in [-0.05, 0) is 47.8 Å². The Balaban J connectivity index is 1.23. The van der Waals surface area contributed by atoms with Crippen molar-refractivity contribution < 1.29 is 19.1 Å². The fraction of sp³-hybridized carbons (Fsp3) is 0.130. The van der Waals surface area contributed by atoms with E-state index in [1.54, 1.807) is 47.8 Å². The van der Waals surface area contributed by atoms with Crippen molar-refractivity contribution >= 4 is 50.7 Å². The molecule has 2 aromatic carbocycles. The molecule has 0 aliphatic rings. The number of ether oxygens (including phenoxy) is 2. The second kappa shape index (κ2) is 10.3. The number of thiophene rings is 1. The number of aromatic nitrogens is 2. The molecule has 10 heteroatoms. The van der Waals surface area contributed by atoms with E-state index in [0.717, 1.165) is 0 Å². The minimum absolute atomic E-state index is 0.0570. The molecule has 1 N–H and O–H groups in total. The van der Waals surface area contributed by atoms with Gasteiger partial charge >= 0.3 is 5.97 Å². The van der Waals surface area contributed by atoms with Gasteiger partial charge in [-0.3, -0.25) is 19.0 Å². The van der Waals surface area contributed by atoms with Crippen molar-refractivity contribution in [2.75, 3.05) is 11.9 Å². The highest BCUT2D eigenvalue weighted by molar-refractivity contribution is 7.16. The van der Waals surface area contributed by atoms with Gasteiger partial charge in [-0.1, -0.05) is 23.7 Å². The average Bonchev–Trinajstić information content (AvgIpc) is 3.30. The summed E-state index contributed by atoms with van der Waals surface area (Å²) >= 11 is 7.45. The van der Waals surface area contributed by atoms with E-state index >= 15 is 0 Å². The monoisotopic (exact) mass is 483 g/mol. The molecule has 0 fully saturated rings. The molecule has 4 aromatic rings. The highest BCUT2D eigenvalue weighted by Crippen LogP contribution is 2.29. The minimum atomic E-state index is -0.592. The fourth-order valence-electron chi connectivity index (χ4n) is 2.94. The number of carbonyl (C=O) groups is 2. The molecular formula is C23H18ClN3O5S. The Kier molecular flexibility index (Phi) is 7.01. The third-order valence-corrected chi connectivity index (χ3v) is 5.71. The van der Waals surface area contributed by atoms with Crippen molar-refractivity contribution in [3.63, 3.8) is 0 Å². The van der Waals surface area contributed by atoms with Crippen LogP contribution in [-0.4, -0.2) is 28.0 Å². The SMILES string of the molecule is O=C(COC(=O)CCn1cnc2sccc2c1=O)Nc1ccc(Oc2ccccc2Cl)cc1. The number of halogens is 1. The largest absolute Gasteiger partial charge is 0.456 e. The van der Waals surface area contributed by atoms with Crippen LogP contribution in [0.5, 0.6) is 11.5 Å². The number of anilines is 1. The molecule has 0 aliphatic heterocycles. The molecule has 0 aliphatic carbocycles. The van der Waals surface area contributed by atoms with Crippen molar-refractivity contribution in [2.24, 2.45) is 0 Å². The smallest absolute Gasteiger partial charge is 0.308 e. The summed E-state index contributed by atoms with van der Waals surface area (Å²) in [5.41, 5.74) is 0.304. The van der Waals surface area contributed by atoms with Crippen LogP contribution in [0, 0.1) is 0 Å². The Bertz CT molecular complexity index is 1350. The summed E-state index contributed by atoms with van der Waals surface area (Å²) in [5.74, 6) is 0.00153. The molecule has 0 radical (unpaired) electrons. The van der Waals surface area contributed by atoms with Gasteiger partial charge in [0, 0.05) is 12.2 Å². The third-order valence-electron chi connectivity index (χ3n) is 4.57. The molecule has 33 heavy (non-hydrogen) atoms. The lowest BCUT2D eigenvalue weighted by atomic mass is 10.3. The first-order valence-corrected chi connectivity index (χ1v) is 11.2. The van der Waals surface area contributed by atoms with Crippen LogP contribution in [-0.2, 0) is 20.9 Å². The number of hydrogen-bond acceptors (Lipinski definition) is 7. The first-order chi connectivity index (χ1) is 16.0. The first-order valence-electron chi connectivity index (χ1n) is 9.90.